The molecule has 1 atom stereocenters. The summed E-state index contributed by atoms with van der Waals surface area (Å²) in [6.45, 7) is 9.81. The Kier molecular flexibility index (Phi) is 5.98. The summed E-state index contributed by atoms with van der Waals surface area (Å²) in [6.07, 6.45) is 3.01. The van der Waals surface area contributed by atoms with Gasteiger partial charge in [-0.1, -0.05) is 0 Å². The van der Waals surface area contributed by atoms with Crippen LogP contribution in [0.25, 0.3) is 0 Å². The summed E-state index contributed by atoms with van der Waals surface area (Å²) in [5, 5.41) is 3.42. The van der Waals surface area contributed by atoms with Crippen molar-refractivity contribution in [3.05, 3.63) is 23.8 Å². The first-order chi connectivity index (χ1) is 11.7. The second kappa shape index (κ2) is 8.39. The summed E-state index contributed by atoms with van der Waals surface area (Å²) in [5.74, 6) is 2.47. The van der Waals surface area contributed by atoms with Crippen LogP contribution in [0.5, 0.6) is 0 Å². The van der Waals surface area contributed by atoms with Gasteiger partial charge in [-0.3, -0.25) is 9.89 Å². The quantitative estimate of drug-likeness (QED) is 0.640. The number of nitrogens with one attached hydrogen (secondary N) is 1. The molecule has 132 valence electrons. The van der Waals surface area contributed by atoms with Gasteiger partial charge in [0.25, 0.3) is 0 Å². The zero-order valence-corrected chi connectivity index (χ0v) is 14.7. The zero-order chi connectivity index (χ0) is 16.8. The van der Waals surface area contributed by atoms with Crippen LogP contribution < -0.4 is 5.32 Å². The lowest BCUT2D eigenvalue weighted by atomic mass is 10.1. The van der Waals surface area contributed by atoms with E-state index in [1.807, 2.05) is 20.0 Å². The van der Waals surface area contributed by atoms with E-state index in [1.165, 1.54) is 13.0 Å². The molecule has 0 bridgehead atoms. The van der Waals surface area contributed by atoms with Gasteiger partial charge in [-0.05, 0) is 25.3 Å². The van der Waals surface area contributed by atoms with Crippen LogP contribution in [0.4, 0.5) is 0 Å². The molecular weight excluding hydrogens is 304 g/mol. The molecule has 1 N–H and O–H groups in total. The number of piperazine rings is 1. The zero-order valence-electron chi connectivity index (χ0n) is 14.7. The lowest BCUT2D eigenvalue weighted by Crippen LogP contribution is -2.53. The molecule has 24 heavy (non-hydrogen) atoms. The average Bonchev–Trinajstić information content (AvgIpc) is 3.10. The molecule has 2 aliphatic rings. The van der Waals surface area contributed by atoms with E-state index in [1.54, 1.807) is 6.20 Å². The summed E-state index contributed by atoms with van der Waals surface area (Å²) in [7, 11) is 1.84. The van der Waals surface area contributed by atoms with Crippen LogP contribution in [0.1, 0.15) is 17.9 Å². The highest BCUT2D eigenvalue weighted by molar-refractivity contribution is 5.79. The number of ether oxygens (including phenoxy) is 1. The Hall–Kier alpha value is -1.73. The molecule has 1 aromatic heterocycles. The number of hydrogen-bond acceptors (Lipinski definition) is 5. The fourth-order valence-electron chi connectivity index (χ4n) is 3.34. The first-order valence-electron chi connectivity index (χ1n) is 8.79. The largest absolute Gasteiger partial charge is 0.381 e. The molecule has 0 amide bonds. The number of nitrogens with zero attached hydrogens (tertiary/aromatic N) is 5. The molecule has 2 saturated heterocycles. The van der Waals surface area contributed by atoms with E-state index in [0.717, 1.165) is 62.8 Å². The lowest BCUT2D eigenvalue weighted by Gasteiger charge is -2.37. The summed E-state index contributed by atoms with van der Waals surface area (Å²) >= 11 is 0. The molecule has 0 spiro atoms. The van der Waals surface area contributed by atoms with E-state index in [-0.39, 0.29) is 0 Å². The third kappa shape index (κ3) is 4.64. The Morgan fingerprint density at radius 3 is 2.88 bits per heavy atom. The highest BCUT2D eigenvalue weighted by atomic mass is 16.5. The van der Waals surface area contributed by atoms with Gasteiger partial charge in [0.15, 0.2) is 5.96 Å². The normalized spacial score (nSPS) is 22.8. The van der Waals surface area contributed by atoms with Crippen molar-refractivity contribution in [2.24, 2.45) is 10.9 Å². The van der Waals surface area contributed by atoms with Gasteiger partial charge in [0.1, 0.15) is 5.82 Å². The van der Waals surface area contributed by atoms with Crippen LogP contribution in [0.2, 0.25) is 0 Å². The molecule has 1 aromatic rings. The van der Waals surface area contributed by atoms with Crippen molar-refractivity contribution < 1.29 is 4.74 Å². The molecule has 0 aliphatic carbocycles. The Morgan fingerprint density at radius 2 is 2.21 bits per heavy atom. The first kappa shape index (κ1) is 17.1. The van der Waals surface area contributed by atoms with E-state index in [9.17, 15) is 0 Å². The second-order valence-corrected chi connectivity index (χ2v) is 6.51. The number of rotatable bonds is 4. The van der Waals surface area contributed by atoms with Crippen LogP contribution in [-0.2, 0) is 11.3 Å². The molecule has 0 radical (unpaired) electrons. The minimum Gasteiger partial charge on any atom is -0.381 e. The molecule has 7 nitrogen and oxygen atoms in total. The van der Waals surface area contributed by atoms with E-state index >= 15 is 0 Å². The Labute approximate surface area is 144 Å². The second-order valence-electron chi connectivity index (χ2n) is 6.51. The van der Waals surface area contributed by atoms with E-state index in [4.69, 9.17) is 4.74 Å². The molecule has 2 fully saturated rings. The highest BCUT2D eigenvalue weighted by Gasteiger charge is 2.23. The third-order valence-electron chi connectivity index (χ3n) is 4.69. The van der Waals surface area contributed by atoms with Crippen molar-refractivity contribution >= 4 is 5.96 Å². The predicted octanol–water partition coefficient (Wildman–Crippen LogP) is 0.515. The fraction of sp³-hybridized carbons (Fsp3) is 0.706. The van der Waals surface area contributed by atoms with Crippen LogP contribution in [-0.4, -0.2) is 78.7 Å². The topological polar surface area (TPSA) is 65.9 Å². The van der Waals surface area contributed by atoms with Crippen molar-refractivity contribution in [2.75, 3.05) is 53.0 Å². The number of guanidine groups is 1. The van der Waals surface area contributed by atoms with Crippen LogP contribution in [0, 0.1) is 12.8 Å². The Bertz CT molecular complexity index is 550. The fourth-order valence-corrected chi connectivity index (χ4v) is 3.34. The first-order valence-corrected chi connectivity index (χ1v) is 8.79. The van der Waals surface area contributed by atoms with Gasteiger partial charge in [-0.25, -0.2) is 9.97 Å². The number of hydrogen-bond donors (Lipinski definition) is 1. The van der Waals surface area contributed by atoms with Crippen LogP contribution >= 0.6 is 0 Å². The van der Waals surface area contributed by atoms with Gasteiger partial charge in [-0.15, -0.1) is 0 Å². The van der Waals surface area contributed by atoms with E-state index in [2.05, 4.69) is 30.1 Å². The molecule has 3 heterocycles. The molecular formula is C17H28N6O. The van der Waals surface area contributed by atoms with Crippen molar-refractivity contribution in [2.45, 2.75) is 19.9 Å². The maximum atomic E-state index is 5.48. The summed E-state index contributed by atoms with van der Waals surface area (Å²) in [4.78, 5) is 17.9. The van der Waals surface area contributed by atoms with Crippen LogP contribution in [0.15, 0.2) is 17.3 Å². The lowest BCUT2D eigenvalue weighted by molar-refractivity contribution is 0.139. The Balaban J connectivity index is 1.45. The van der Waals surface area contributed by atoms with Crippen molar-refractivity contribution in [1.29, 1.82) is 0 Å². The van der Waals surface area contributed by atoms with Crippen LogP contribution in [0.3, 0.4) is 0 Å². The summed E-state index contributed by atoms with van der Waals surface area (Å²) < 4.78 is 5.48. The standard InChI is InChI=1S/C17H28N6O/c1-14-19-5-3-16(21-14)11-20-17(18-2)23-8-6-22(7-9-23)12-15-4-10-24-13-15/h3,5,15H,4,6-13H2,1-2H3,(H,18,20). The smallest absolute Gasteiger partial charge is 0.194 e. The monoisotopic (exact) mass is 332 g/mol. The highest BCUT2D eigenvalue weighted by Crippen LogP contribution is 2.15. The van der Waals surface area contributed by atoms with Gasteiger partial charge in [-0.2, -0.15) is 0 Å². The predicted molar refractivity (Wildman–Crippen MR) is 93.9 cm³/mol. The van der Waals surface area contributed by atoms with Crippen molar-refractivity contribution in [3.63, 3.8) is 0 Å². The van der Waals surface area contributed by atoms with Gasteiger partial charge < -0.3 is 15.0 Å². The van der Waals surface area contributed by atoms with E-state index in [0.29, 0.717) is 6.54 Å². The minimum absolute atomic E-state index is 0.676. The molecule has 1 unspecified atom stereocenters. The van der Waals surface area contributed by atoms with Gasteiger partial charge >= 0.3 is 0 Å². The molecule has 7 heteroatoms. The molecule has 0 saturated carbocycles. The number of aliphatic imine (C=N–C) groups is 1. The van der Waals surface area contributed by atoms with Gasteiger partial charge in [0.2, 0.25) is 0 Å². The third-order valence-corrected chi connectivity index (χ3v) is 4.69. The van der Waals surface area contributed by atoms with Gasteiger partial charge in [0, 0.05) is 52.6 Å². The molecule has 3 rings (SSSR count). The summed E-state index contributed by atoms with van der Waals surface area (Å²) in [5.41, 5.74) is 0.989. The SMILES string of the molecule is CN=C(NCc1ccnc(C)n1)N1CCN(CC2CCOC2)CC1. The van der Waals surface area contributed by atoms with Crippen molar-refractivity contribution in [3.8, 4) is 0 Å². The average molecular weight is 332 g/mol. The van der Waals surface area contributed by atoms with Gasteiger partial charge in [0.05, 0.1) is 18.8 Å². The van der Waals surface area contributed by atoms with E-state index < -0.39 is 0 Å². The molecule has 0 aromatic carbocycles. The Morgan fingerprint density at radius 1 is 1.38 bits per heavy atom. The number of aryl methyl sites for hydroxylation is 1. The molecule has 2 aliphatic heterocycles. The summed E-state index contributed by atoms with van der Waals surface area (Å²) in [6, 6.07) is 1.94. The maximum Gasteiger partial charge on any atom is 0.194 e. The minimum atomic E-state index is 0.676. The number of aromatic nitrogens is 2. The van der Waals surface area contributed by atoms with Crippen molar-refractivity contribution in [1.82, 2.24) is 25.1 Å². The maximum absolute atomic E-state index is 5.48.